The average molecular weight is 212 g/mol. The fraction of sp³-hybridized carbons (Fsp3) is 0.455. The van der Waals surface area contributed by atoms with Gasteiger partial charge < -0.3 is 9.47 Å². The van der Waals surface area contributed by atoms with Gasteiger partial charge in [-0.1, -0.05) is 12.2 Å². The highest BCUT2D eigenvalue weighted by Crippen LogP contribution is 2.01. The molecule has 0 N–H and O–H groups in total. The predicted molar refractivity (Wildman–Crippen MR) is 56.2 cm³/mol. The number of methoxy groups -OCH3 is 2. The summed E-state index contributed by atoms with van der Waals surface area (Å²) in [7, 11) is 2.67. The third-order valence-corrected chi connectivity index (χ3v) is 1.75. The van der Waals surface area contributed by atoms with Gasteiger partial charge in [0.2, 0.25) is 0 Å². The van der Waals surface area contributed by atoms with Gasteiger partial charge in [-0.15, -0.1) is 0 Å². The molecule has 0 aromatic heterocycles. The largest absolute Gasteiger partial charge is 0.466 e. The van der Waals surface area contributed by atoms with E-state index in [0.717, 1.165) is 0 Å². The molecule has 0 aromatic carbocycles. The highest BCUT2D eigenvalue weighted by atomic mass is 16.5. The summed E-state index contributed by atoms with van der Waals surface area (Å²) >= 11 is 0. The lowest BCUT2D eigenvalue weighted by Crippen LogP contribution is -2.01. The van der Waals surface area contributed by atoms with Gasteiger partial charge in [-0.05, 0) is 19.8 Å². The maximum Gasteiger partial charge on any atom is 0.333 e. The second-order valence-corrected chi connectivity index (χ2v) is 2.88. The van der Waals surface area contributed by atoms with Crippen molar-refractivity contribution in [3.8, 4) is 0 Å². The fourth-order valence-corrected chi connectivity index (χ4v) is 0.888. The third-order valence-electron chi connectivity index (χ3n) is 1.75. The Labute approximate surface area is 89.6 Å². The number of unbranched alkanes of at least 4 members (excludes halogenated alkanes) is 1. The number of esters is 2. The topological polar surface area (TPSA) is 52.6 Å². The molecule has 0 amide bonds. The van der Waals surface area contributed by atoms with E-state index in [4.69, 9.17) is 0 Å². The van der Waals surface area contributed by atoms with E-state index in [-0.39, 0.29) is 11.9 Å². The van der Waals surface area contributed by atoms with Crippen LogP contribution in [0.15, 0.2) is 23.8 Å². The van der Waals surface area contributed by atoms with Crippen LogP contribution in [0.4, 0.5) is 0 Å². The van der Waals surface area contributed by atoms with Crippen LogP contribution >= 0.6 is 0 Å². The van der Waals surface area contributed by atoms with Gasteiger partial charge in [0.1, 0.15) is 0 Å². The van der Waals surface area contributed by atoms with E-state index in [2.05, 4.69) is 9.47 Å². The zero-order valence-electron chi connectivity index (χ0n) is 9.28. The van der Waals surface area contributed by atoms with Crippen molar-refractivity contribution >= 4 is 11.9 Å². The van der Waals surface area contributed by atoms with Gasteiger partial charge in [-0.2, -0.15) is 0 Å². The second-order valence-electron chi connectivity index (χ2n) is 2.88. The average Bonchev–Trinajstić information content (AvgIpc) is 2.26. The monoisotopic (exact) mass is 212 g/mol. The first-order valence-corrected chi connectivity index (χ1v) is 4.61. The Morgan fingerprint density at radius 1 is 1.13 bits per heavy atom. The molecule has 0 aromatic rings. The molecular weight excluding hydrogens is 196 g/mol. The Morgan fingerprint density at radius 3 is 2.33 bits per heavy atom. The molecule has 0 rings (SSSR count). The molecule has 0 atom stereocenters. The molecule has 0 saturated carbocycles. The highest BCUT2D eigenvalue weighted by Gasteiger charge is 2.00. The molecule has 0 heterocycles. The summed E-state index contributed by atoms with van der Waals surface area (Å²) in [5.74, 6) is -0.699. The van der Waals surface area contributed by atoms with Crippen LogP contribution in [0.5, 0.6) is 0 Å². The van der Waals surface area contributed by atoms with Gasteiger partial charge >= 0.3 is 11.9 Å². The van der Waals surface area contributed by atoms with E-state index in [9.17, 15) is 9.59 Å². The summed E-state index contributed by atoms with van der Waals surface area (Å²) in [5, 5.41) is 0. The number of hydrogen-bond donors (Lipinski definition) is 0. The maximum atomic E-state index is 10.9. The Bertz CT molecular complexity index is 276. The van der Waals surface area contributed by atoms with Crippen LogP contribution in [0, 0.1) is 0 Å². The molecule has 0 saturated heterocycles. The first-order valence-electron chi connectivity index (χ1n) is 4.61. The van der Waals surface area contributed by atoms with Gasteiger partial charge in [0, 0.05) is 11.6 Å². The molecule has 15 heavy (non-hydrogen) atoms. The summed E-state index contributed by atoms with van der Waals surface area (Å²) < 4.78 is 8.94. The van der Waals surface area contributed by atoms with Crippen molar-refractivity contribution in [2.75, 3.05) is 14.2 Å². The first-order chi connectivity index (χ1) is 7.11. The Morgan fingerprint density at radius 2 is 1.80 bits per heavy atom. The van der Waals surface area contributed by atoms with Crippen LogP contribution in [0.25, 0.3) is 0 Å². The number of carbonyl (C=O) groups excluding carboxylic acids is 2. The van der Waals surface area contributed by atoms with Gasteiger partial charge in [0.05, 0.1) is 14.2 Å². The lowest BCUT2D eigenvalue weighted by molar-refractivity contribution is -0.136. The van der Waals surface area contributed by atoms with Crippen molar-refractivity contribution in [1.82, 2.24) is 0 Å². The van der Waals surface area contributed by atoms with Gasteiger partial charge in [-0.25, -0.2) is 9.59 Å². The van der Waals surface area contributed by atoms with Crippen molar-refractivity contribution < 1.29 is 19.1 Å². The number of carbonyl (C=O) groups is 2. The Hall–Kier alpha value is -1.58. The Kier molecular flexibility index (Phi) is 6.97. The van der Waals surface area contributed by atoms with Crippen molar-refractivity contribution in [3.05, 3.63) is 23.8 Å². The number of allylic oxidation sites excluding steroid dienone is 2. The summed E-state index contributed by atoms with van der Waals surface area (Å²) in [5.41, 5.74) is 0.573. The van der Waals surface area contributed by atoms with E-state index >= 15 is 0 Å². The predicted octanol–water partition coefficient (Wildman–Crippen LogP) is 1.62. The van der Waals surface area contributed by atoms with Crippen LogP contribution in [0.2, 0.25) is 0 Å². The van der Waals surface area contributed by atoms with Crippen LogP contribution in [-0.4, -0.2) is 26.2 Å². The molecule has 0 spiro atoms. The first kappa shape index (κ1) is 13.4. The zero-order chi connectivity index (χ0) is 11.7. The third kappa shape index (κ3) is 6.49. The fourth-order valence-electron chi connectivity index (χ4n) is 0.888. The molecule has 4 nitrogen and oxygen atoms in total. The van der Waals surface area contributed by atoms with Crippen LogP contribution in [0.1, 0.15) is 19.8 Å². The summed E-state index contributed by atoms with van der Waals surface area (Å²) in [6.45, 7) is 1.69. The van der Waals surface area contributed by atoms with Crippen LogP contribution < -0.4 is 0 Å². The quantitative estimate of drug-likeness (QED) is 0.394. The summed E-state index contributed by atoms with van der Waals surface area (Å²) in [4.78, 5) is 21.6. The van der Waals surface area contributed by atoms with Gasteiger partial charge in [0.25, 0.3) is 0 Å². The Balaban J connectivity index is 3.84. The normalized spacial score (nSPS) is 11.5. The number of hydrogen-bond acceptors (Lipinski definition) is 4. The molecule has 0 radical (unpaired) electrons. The molecule has 0 fully saturated rings. The second kappa shape index (κ2) is 7.79. The minimum Gasteiger partial charge on any atom is -0.466 e. The molecule has 4 heteroatoms. The van der Waals surface area contributed by atoms with Crippen LogP contribution in [0.3, 0.4) is 0 Å². The minimum atomic E-state index is -0.372. The number of ether oxygens (including phenoxy) is 2. The molecule has 0 aliphatic rings. The van der Waals surface area contributed by atoms with E-state index in [0.29, 0.717) is 18.4 Å². The maximum absolute atomic E-state index is 10.9. The van der Waals surface area contributed by atoms with Gasteiger partial charge in [-0.3, -0.25) is 0 Å². The lowest BCUT2D eigenvalue weighted by Gasteiger charge is -1.97. The molecule has 0 bridgehead atoms. The summed E-state index contributed by atoms with van der Waals surface area (Å²) in [6, 6.07) is 0. The molecular formula is C11H16O4. The highest BCUT2D eigenvalue weighted by molar-refractivity contribution is 5.87. The SMILES string of the molecule is COC(=O)/C=C/CC/C=C(\C)C(=O)OC. The zero-order valence-corrected chi connectivity index (χ0v) is 9.28. The smallest absolute Gasteiger partial charge is 0.333 e. The van der Waals surface area contributed by atoms with Crippen molar-refractivity contribution in [1.29, 1.82) is 0 Å². The minimum absolute atomic E-state index is 0.327. The van der Waals surface area contributed by atoms with Gasteiger partial charge in [0.15, 0.2) is 0 Å². The molecule has 0 aliphatic carbocycles. The van der Waals surface area contributed by atoms with E-state index < -0.39 is 0 Å². The molecule has 84 valence electrons. The van der Waals surface area contributed by atoms with Crippen LogP contribution in [-0.2, 0) is 19.1 Å². The van der Waals surface area contributed by atoms with Crippen molar-refractivity contribution in [2.24, 2.45) is 0 Å². The van der Waals surface area contributed by atoms with E-state index in [1.807, 2.05) is 0 Å². The van der Waals surface area contributed by atoms with Crippen molar-refractivity contribution in [2.45, 2.75) is 19.8 Å². The van der Waals surface area contributed by atoms with E-state index in [1.54, 1.807) is 19.1 Å². The van der Waals surface area contributed by atoms with E-state index in [1.165, 1.54) is 20.3 Å². The molecule has 0 aliphatic heterocycles. The van der Waals surface area contributed by atoms with Crippen molar-refractivity contribution in [3.63, 3.8) is 0 Å². The standard InChI is InChI=1S/C11H16O4/c1-9(11(13)15-3)7-5-4-6-8-10(12)14-2/h6-8H,4-5H2,1-3H3/b8-6+,9-7+. The lowest BCUT2D eigenvalue weighted by atomic mass is 10.2. The number of rotatable bonds is 5. The molecule has 0 unspecified atom stereocenters. The summed E-state index contributed by atoms with van der Waals surface area (Å²) in [6.07, 6.45) is 6.21.